The minimum Gasteiger partial charge on any atom is -0.294 e. The summed E-state index contributed by atoms with van der Waals surface area (Å²) in [6, 6.07) is 10.2. The molecule has 1 aliphatic carbocycles. The molecule has 0 bridgehead atoms. The van der Waals surface area contributed by atoms with E-state index in [9.17, 15) is 0 Å². The van der Waals surface area contributed by atoms with Gasteiger partial charge in [0.05, 0.1) is 11.7 Å². The Bertz CT molecular complexity index is 1060. The van der Waals surface area contributed by atoms with Crippen LogP contribution in [0.3, 0.4) is 0 Å². The normalized spacial score (nSPS) is 15.4. The van der Waals surface area contributed by atoms with Crippen molar-refractivity contribution in [3.8, 4) is 11.5 Å². The van der Waals surface area contributed by atoms with Gasteiger partial charge in [0.2, 0.25) is 0 Å². The first-order chi connectivity index (χ1) is 13.3. The number of imidazole rings is 1. The van der Waals surface area contributed by atoms with E-state index in [0.717, 1.165) is 16.2 Å². The van der Waals surface area contributed by atoms with Gasteiger partial charge in [-0.05, 0) is 49.1 Å². The summed E-state index contributed by atoms with van der Waals surface area (Å²) in [5, 5.41) is 2.03. The molecule has 4 nitrogen and oxygen atoms in total. The second-order valence-corrected chi connectivity index (χ2v) is 7.68. The van der Waals surface area contributed by atoms with Crippen LogP contribution >= 0.6 is 11.6 Å². The highest BCUT2D eigenvalue weighted by molar-refractivity contribution is 6.30. The molecule has 1 saturated carbocycles. The Morgan fingerprint density at radius 2 is 1.74 bits per heavy atom. The molecule has 1 aromatic carbocycles. The molecule has 4 aromatic rings. The Kier molecular flexibility index (Phi) is 4.21. The predicted octanol–water partition coefficient (Wildman–Crippen LogP) is 5.91. The first-order valence-corrected chi connectivity index (χ1v) is 9.93. The lowest BCUT2D eigenvalue weighted by Gasteiger charge is -2.23. The average molecular weight is 377 g/mol. The second kappa shape index (κ2) is 6.86. The largest absolute Gasteiger partial charge is 0.294 e. The highest BCUT2D eigenvalue weighted by atomic mass is 35.5. The fraction of sp³-hybridized carbons (Fsp3) is 0.273. The van der Waals surface area contributed by atoms with Crippen LogP contribution in [-0.2, 0) is 0 Å². The van der Waals surface area contributed by atoms with Crippen LogP contribution in [0.4, 0.5) is 0 Å². The van der Waals surface area contributed by atoms with E-state index in [2.05, 4.69) is 37.3 Å². The van der Waals surface area contributed by atoms with Gasteiger partial charge in [0.1, 0.15) is 12.1 Å². The van der Waals surface area contributed by atoms with Gasteiger partial charge in [-0.2, -0.15) is 0 Å². The smallest absolute Gasteiger partial charge is 0.127 e. The zero-order valence-corrected chi connectivity index (χ0v) is 15.8. The minimum absolute atomic E-state index is 0.564. The fourth-order valence-electron chi connectivity index (χ4n) is 4.43. The first-order valence-electron chi connectivity index (χ1n) is 9.55. The maximum absolute atomic E-state index is 6.15. The van der Waals surface area contributed by atoms with Crippen molar-refractivity contribution in [2.45, 2.75) is 38.0 Å². The van der Waals surface area contributed by atoms with Crippen LogP contribution < -0.4 is 0 Å². The van der Waals surface area contributed by atoms with Crippen molar-refractivity contribution in [3.63, 3.8) is 0 Å². The summed E-state index contributed by atoms with van der Waals surface area (Å²) in [4.78, 5) is 8.74. The zero-order valence-electron chi connectivity index (χ0n) is 15.1. The average Bonchev–Trinajstić information content (AvgIpc) is 3.35. The molecule has 0 saturated heterocycles. The maximum Gasteiger partial charge on any atom is 0.127 e. The van der Waals surface area contributed by atoms with Crippen molar-refractivity contribution < 1.29 is 0 Å². The molecule has 27 heavy (non-hydrogen) atoms. The van der Waals surface area contributed by atoms with Gasteiger partial charge < -0.3 is 0 Å². The second-order valence-electron chi connectivity index (χ2n) is 7.25. The Morgan fingerprint density at radius 3 is 2.48 bits per heavy atom. The zero-order chi connectivity index (χ0) is 18.2. The van der Waals surface area contributed by atoms with Gasteiger partial charge in [0, 0.05) is 40.3 Å². The van der Waals surface area contributed by atoms with Crippen molar-refractivity contribution in [1.82, 2.24) is 19.1 Å². The van der Waals surface area contributed by atoms with Crippen LogP contribution in [0.1, 0.15) is 43.6 Å². The highest BCUT2D eigenvalue weighted by Gasteiger charge is 2.27. The van der Waals surface area contributed by atoms with Crippen LogP contribution in [-0.4, -0.2) is 19.1 Å². The molecule has 0 aliphatic heterocycles. The Balaban J connectivity index is 1.85. The third-order valence-electron chi connectivity index (χ3n) is 5.63. The molecule has 1 fully saturated rings. The summed E-state index contributed by atoms with van der Waals surface area (Å²) >= 11 is 6.15. The first kappa shape index (κ1) is 16.6. The van der Waals surface area contributed by atoms with E-state index < -0.39 is 0 Å². The summed E-state index contributed by atoms with van der Waals surface area (Å²) in [5.74, 6) is 1.74. The molecule has 0 spiro atoms. The third-order valence-corrected chi connectivity index (χ3v) is 5.88. The quantitative estimate of drug-likeness (QED) is 0.445. The van der Waals surface area contributed by atoms with Crippen LogP contribution in [0.2, 0.25) is 5.02 Å². The lowest BCUT2D eigenvalue weighted by molar-refractivity contribution is 0.444. The van der Waals surface area contributed by atoms with Crippen molar-refractivity contribution in [2.75, 3.05) is 0 Å². The standard InChI is InChI=1S/C22H21ClN4/c23-17-6-8-18(9-7-17)27-20-14-24-11-10-19(20)21(16-4-2-1-3-5-16)22(27)26-13-12-25-15-26/h6-16H,1-5H2. The number of rotatable bonds is 3. The molecule has 0 N–H and O–H groups in total. The monoisotopic (exact) mass is 376 g/mol. The van der Waals surface area contributed by atoms with E-state index in [1.165, 1.54) is 48.9 Å². The summed E-state index contributed by atoms with van der Waals surface area (Å²) in [5.41, 5.74) is 3.63. The molecular weight excluding hydrogens is 356 g/mol. The van der Waals surface area contributed by atoms with Crippen molar-refractivity contribution in [1.29, 1.82) is 0 Å². The molecule has 0 amide bonds. The molecule has 0 unspecified atom stereocenters. The van der Waals surface area contributed by atoms with Crippen LogP contribution in [0, 0.1) is 0 Å². The number of hydrogen-bond acceptors (Lipinski definition) is 2. The summed E-state index contributed by atoms with van der Waals surface area (Å²) in [6.07, 6.45) is 16.0. The number of fused-ring (bicyclic) bond motifs is 1. The summed E-state index contributed by atoms with van der Waals surface area (Å²) in [6.45, 7) is 0. The van der Waals surface area contributed by atoms with E-state index in [-0.39, 0.29) is 0 Å². The molecule has 5 heteroatoms. The number of aromatic nitrogens is 4. The van der Waals surface area contributed by atoms with Gasteiger partial charge in [-0.25, -0.2) is 4.98 Å². The Morgan fingerprint density at radius 1 is 0.926 bits per heavy atom. The topological polar surface area (TPSA) is 35.6 Å². The molecule has 0 radical (unpaired) electrons. The highest BCUT2D eigenvalue weighted by Crippen LogP contribution is 2.42. The SMILES string of the molecule is Clc1ccc(-n2c(-n3ccnc3)c(C3CCCCC3)c3ccncc32)cc1. The molecule has 0 atom stereocenters. The van der Waals surface area contributed by atoms with Crippen molar-refractivity contribution in [2.24, 2.45) is 0 Å². The van der Waals surface area contributed by atoms with E-state index in [0.29, 0.717) is 5.92 Å². The Hall–Kier alpha value is -2.59. The van der Waals surface area contributed by atoms with Gasteiger partial charge in [-0.3, -0.25) is 14.1 Å². The van der Waals surface area contributed by atoms with E-state index in [1.54, 1.807) is 0 Å². The van der Waals surface area contributed by atoms with Gasteiger partial charge in [0.25, 0.3) is 0 Å². The van der Waals surface area contributed by atoms with Crippen LogP contribution in [0.5, 0.6) is 0 Å². The molecule has 3 aromatic heterocycles. The third kappa shape index (κ3) is 2.85. The number of nitrogens with zero attached hydrogens (tertiary/aromatic N) is 4. The number of halogens is 1. The van der Waals surface area contributed by atoms with Crippen molar-refractivity contribution in [3.05, 3.63) is 72.0 Å². The fourth-order valence-corrected chi connectivity index (χ4v) is 4.56. The Labute approximate surface area is 163 Å². The molecule has 5 rings (SSSR count). The predicted molar refractivity (Wildman–Crippen MR) is 109 cm³/mol. The van der Waals surface area contributed by atoms with E-state index >= 15 is 0 Å². The number of hydrogen-bond donors (Lipinski definition) is 0. The molecule has 3 heterocycles. The number of benzene rings is 1. The van der Waals surface area contributed by atoms with E-state index in [1.807, 2.05) is 43.2 Å². The number of pyridine rings is 1. The summed E-state index contributed by atoms with van der Waals surface area (Å²) in [7, 11) is 0. The lowest BCUT2D eigenvalue weighted by atomic mass is 9.83. The molecule has 1 aliphatic rings. The van der Waals surface area contributed by atoms with Gasteiger partial charge in [-0.15, -0.1) is 0 Å². The minimum atomic E-state index is 0.564. The maximum atomic E-state index is 6.15. The molecule has 136 valence electrons. The summed E-state index contributed by atoms with van der Waals surface area (Å²) < 4.78 is 4.43. The lowest BCUT2D eigenvalue weighted by Crippen LogP contribution is -2.10. The van der Waals surface area contributed by atoms with Gasteiger partial charge in [-0.1, -0.05) is 30.9 Å². The van der Waals surface area contributed by atoms with Crippen LogP contribution in [0.15, 0.2) is 61.4 Å². The van der Waals surface area contributed by atoms with Gasteiger partial charge in [0.15, 0.2) is 0 Å². The van der Waals surface area contributed by atoms with Gasteiger partial charge >= 0.3 is 0 Å². The van der Waals surface area contributed by atoms with Crippen molar-refractivity contribution >= 4 is 22.5 Å². The molecular formula is C22H21ClN4. The van der Waals surface area contributed by atoms with E-state index in [4.69, 9.17) is 11.6 Å². The van der Waals surface area contributed by atoms with Crippen LogP contribution in [0.25, 0.3) is 22.4 Å².